The largest absolute Gasteiger partial charge is 0.381 e. The molecule has 0 saturated heterocycles. The van der Waals surface area contributed by atoms with Crippen molar-refractivity contribution in [1.29, 1.82) is 0 Å². The van der Waals surface area contributed by atoms with Crippen LogP contribution in [0.3, 0.4) is 0 Å². The maximum atomic E-state index is 3.67. The molecule has 2 atom stereocenters. The van der Waals surface area contributed by atoms with Crippen molar-refractivity contribution < 1.29 is 0 Å². The van der Waals surface area contributed by atoms with Crippen molar-refractivity contribution in [2.24, 2.45) is 11.8 Å². The second kappa shape index (κ2) is 4.35. The highest BCUT2D eigenvalue weighted by Gasteiger charge is 2.27. The highest BCUT2D eigenvalue weighted by atomic mass is 32.1. The van der Waals surface area contributed by atoms with Crippen LogP contribution >= 0.6 is 11.3 Å². The molecule has 78 valence electrons. The van der Waals surface area contributed by atoms with E-state index >= 15 is 0 Å². The molecule has 1 fully saturated rings. The molecule has 1 aliphatic carbocycles. The zero-order valence-corrected chi connectivity index (χ0v) is 9.81. The van der Waals surface area contributed by atoms with E-state index in [0.717, 1.165) is 11.8 Å². The van der Waals surface area contributed by atoms with E-state index in [1.807, 2.05) is 0 Å². The van der Waals surface area contributed by atoms with Crippen LogP contribution in [0, 0.1) is 11.8 Å². The van der Waals surface area contributed by atoms with E-state index in [1.54, 1.807) is 11.3 Å². The zero-order valence-electron chi connectivity index (χ0n) is 8.99. The van der Waals surface area contributed by atoms with E-state index in [9.17, 15) is 0 Å². The fourth-order valence-corrected chi connectivity index (χ4v) is 3.10. The minimum Gasteiger partial charge on any atom is -0.381 e. The lowest BCUT2D eigenvalue weighted by atomic mass is 9.78. The molecule has 2 heteroatoms. The summed E-state index contributed by atoms with van der Waals surface area (Å²) in [5.41, 5.74) is 1.31. The minimum absolute atomic E-state index is 0.679. The van der Waals surface area contributed by atoms with Crippen molar-refractivity contribution in [2.75, 3.05) is 5.32 Å². The molecular formula is C12H19NS. The molecule has 1 heterocycles. The molecule has 1 aliphatic rings. The van der Waals surface area contributed by atoms with Gasteiger partial charge in [0, 0.05) is 17.1 Å². The lowest BCUT2D eigenvalue weighted by molar-refractivity contribution is 0.268. The number of anilines is 1. The van der Waals surface area contributed by atoms with Crippen LogP contribution in [0.25, 0.3) is 0 Å². The van der Waals surface area contributed by atoms with Crippen LogP contribution in [-0.2, 0) is 0 Å². The monoisotopic (exact) mass is 209 g/mol. The molecule has 0 aliphatic heterocycles. The summed E-state index contributed by atoms with van der Waals surface area (Å²) in [6, 6.07) is 2.86. The Hall–Kier alpha value is -0.500. The van der Waals surface area contributed by atoms with E-state index in [2.05, 4.69) is 36.0 Å². The van der Waals surface area contributed by atoms with Crippen molar-refractivity contribution in [1.82, 2.24) is 0 Å². The minimum atomic E-state index is 0.679. The molecule has 2 rings (SSSR count). The Kier molecular flexibility index (Phi) is 3.12. The zero-order chi connectivity index (χ0) is 9.97. The fourth-order valence-electron chi connectivity index (χ4n) is 2.51. The Morgan fingerprint density at radius 2 is 2.00 bits per heavy atom. The van der Waals surface area contributed by atoms with Gasteiger partial charge >= 0.3 is 0 Å². The molecule has 1 saturated carbocycles. The Bertz CT molecular complexity index is 258. The van der Waals surface area contributed by atoms with Gasteiger partial charge in [0.15, 0.2) is 0 Å². The van der Waals surface area contributed by atoms with E-state index in [-0.39, 0.29) is 0 Å². The predicted octanol–water partition coefficient (Wildman–Crippen LogP) is 3.98. The highest BCUT2D eigenvalue weighted by molar-refractivity contribution is 7.08. The molecule has 14 heavy (non-hydrogen) atoms. The molecule has 2 unspecified atom stereocenters. The standard InChI is InChI=1S/C12H19NS/c1-9-4-3-5-10(2)12(9)13-11-6-7-14-8-11/h6-10,12-13H,3-5H2,1-2H3. The first kappa shape index (κ1) is 10.0. The average molecular weight is 209 g/mol. The summed E-state index contributed by atoms with van der Waals surface area (Å²) in [6.45, 7) is 4.75. The molecule has 0 bridgehead atoms. The van der Waals surface area contributed by atoms with Crippen molar-refractivity contribution in [2.45, 2.75) is 39.2 Å². The second-order valence-electron chi connectivity index (χ2n) is 4.57. The first-order valence-corrected chi connectivity index (χ1v) is 6.50. The quantitative estimate of drug-likeness (QED) is 0.776. The van der Waals surface area contributed by atoms with Gasteiger partial charge in [-0.15, -0.1) is 0 Å². The van der Waals surface area contributed by atoms with Crippen LogP contribution in [0.2, 0.25) is 0 Å². The molecule has 0 spiro atoms. The van der Waals surface area contributed by atoms with Gasteiger partial charge in [0.2, 0.25) is 0 Å². The molecule has 1 nitrogen and oxygen atoms in total. The SMILES string of the molecule is CC1CCCC(C)C1Nc1ccsc1. The maximum absolute atomic E-state index is 3.67. The molecule has 1 aromatic rings. The van der Waals surface area contributed by atoms with Gasteiger partial charge in [0.25, 0.3) is 0 Å². The summed E-state index contributed by atoms with van der Waals surface area (Å²) in [5, 5.41) is 8.01. The van der Waals surface area contributed by atoms with E-state index in [0.29, 0.717) is 6.04 Å². The van der Waals surface area contributed by atoms with Gasteiger partial charge in [-0.1, -0.05) is 20.3 Å². The fraction of sp³-hybridized carbons (Fsp3) is 0.667. The summed E-state index contributed by atoms with van der Waals surface area (Å²) >= 11 is 1.77. The lowest BCUT2D eigenvalue weighted by Crippen LogP contribution is -2.36. The Balaban J connectivity index is 2.01. The summed E-state index contributed by atoms with van der Waals surface area (Å²) in [4.78, 5) is 0. The van der Waals surface area contributed by atoms with Crippen LogP contribution in [0.1, 0.15) is 33.1 Å². The molecular weight excluding hydrogens is 190 g/mol. The van der Waals surface area contributed by atoms with E-state index in [1.165, 1.54) is 24.9 Å². The summed E-state index contributed by atoms with van der Waals surface area (Å²) < 4.78 is 0. The average Bonchev–Trinajstić information content (AvgIpc) is 2.64. The summed E-state index contributed by atoms with van der Waals surface area (Å²) in [6.07, 6.45) is 4.17. The Morgan fingerprint density at radius 3 is 2.57 bits per heavy atom. The molecule has 0 radical (unpaired) electrons. The predicted molar refractivity (Wildman–Crippen MR) is 63.9 cm³/mol. The van der Waals surface area contributed by atoms with Gasteiger partial charge < -0.3 is 5.32 Å². The van der Waals surface area contributed by atoms with Gasteiger partial charge in [-0.2, -0.15) is 11.3 Å². The van der Waals surface area contributed by atoms with E-state index < -0.39 is 0 Å². The molecule has 0 aromatic carbocycles. The first-order valence-electron chi connectivity index (χ1n) is 5.56. The van der Waals surface area contributed by atoms with Crippen LogP contribution in [-0.4, -0.2) is 6.04 Å². The second-order valence-corrected chi connectivity index (χ2v) is 5.35. The van der Waals surface area contributed by atoms with Crippen molar-refractivity contribution in [3.8, 4) is 0 Å². The smallest absolute Gasteiger partial charge is 0.0451 e. The molecule has 1 aromatic heterocycles. The van der Waals surface area contributed by atoms with Crippen molar-refractivity contribution in [3.05, 3.63) is 16.8 Å². The summed E-state index contributed by atoms with van der Waals surface area (Å²) in [5.74, 6) is 1.64. The molecule has 0 amide bonds. The third kappa shape index (κ3) is 2.11. The van der Waals surface area contributed by atoms with Crippen LogP contribution < -0.4 is 5.32 Å². The van der Waals surface area contributed by atoms with E-state index in [4.69, 9.17) is 0 Å². The molecule has 1 N–H and O–H groups in total. The lowest BCUT2D eigenvalue weighted by Gasteiger charge is -2.35. The Morgan fingerprint density at radius 1 is 1.29 bits per heavy atom. The highest BCUT2D eigenvalue weighted by Crippen LogP contribution is 2.31. The number of rotatable bonds is 2. The normalized spacial score (nSPS) is 32.9. The van der Waals surface area contributed by atoms with Gasteiger partial charge in [-0.25, -0.2) is 0 Å². The van der Waals surface area contributed by atoms with Gasteiger partial charge in [0.05, 0.1) is 0 Å². The first-order chi connectivity index (χ1) is 6.77. The van der Waals surface area contributed by atoms with Crippen LogP contribution in [0.15, 0.2) is 16.8 Å². The van der Waals surface area contributed by atoms with Gasteiger partial charge in [0.1, 0.15) is 0 Å². The maximum Gasteiger partial charge on any atom is 0.0451 e. The van der Waals surface area contributed by atoms with Crippen LogP contribution in [0.5, 0.6) is 0 Å². The number of thiophene rings is 1. The van der Waals surface area contributed by atoms with Crippen molar-refractivity contribution >= 4 is 17.0 Å². The number of nitrogens with one attached hydrogen (secondary N) is 1. The third-order valence-electron chi connectivity index (χ3n) is 3.40. The number of hydrogen-bond donors (Lipinski definition) is 1. The third-order valence-corrected chi connectivity index (χ3v) is 4.08. The number of hydrogen-bond acceptors (Lipinski definition) is 2. The summed E-state index contributed by atoms with van der Waals surface area (Å²) in [7, 11) is 0. The van der Waals surface area contributed by atoms with Gasteiger partial charge in [-0.3, -0.25) is 0 Å². The van der Waals surface area contributed by atoms with Crippen LogP contribution in [0.4, 0.5) is 5.69 Å². The van der Waals surface area contributed by atoms with Crippen molar-refractivity contribution in [3.63, 3.8) is 0 Å². The van der Waals surface area contributed by atoms with Gasteiger partial charge in [-0.05, 0) is 36.1 Å². The topological polar surface area (TPSA) is 12.0 Å². The Labute approximate surface area is 90.5 Å².